The summed E-state index contributed by atoms with van der Waals surface area (Å²) in [6.07, 6.45) is 0. The fourth-order valence-electron chi connectivity index (χ4n) is 2.27. The Morgan fingerprint density at radius 3 is 2.67 bits per heavy atom. The Morgan fingerprint density at radius 1 is 1.29 bits per heavy atom. The summed E-state index contributed by atoms with van der Waals surface area (Å²) >= 11 is 0. The number of aromatic amines is 1. The number of nitrogens with one attached hydrogen (secondary N) is 1. The number of H-pyrrole nitrogens is 1. The number of carbonyl (C=O) groups excluding carboxylic acids is 1. The van der Waals surface area contributed by atoms with Gasteiger partial charge in [-0.25, -0.2) is 14.8 Å². The number of nitrogens with two attached hydrogens (primary N) is 1. The van der Waals surface area contributed by atoms with E-state index in [1.165, 1.54) is 4.57 Å². The van der Waals surface area contributed by atoms with Crippen LogP contribution in [0.5, 0.6) is 0 Å². The van der Waals surface area contributed by atoms with Crippen molar-refractivity contribution < 1.29 is 4.79 Å². The van der Waals surface area contributed by atoms with E-state index in [-0.39, 0.29) is 6.54 Å². The van der Waals surface area contributed by atoms with Crippen LogP contribution in [0.25, 0.3) is 22.6 Å². The van der Waals surface area contributed by atoms with E-state index in [2.05, 4.69) is 15.0 Å². The van der Waals surface area contributed by atoms with Gasteiger partial charge in [-0.05, 0) is 6.92 Å². The molecule has 0 radical (unpaired) electrons. The molecule has 0 saturated heterocycles. The lowest BCUT2D eigenvalue weighted by molar-refractivity contribution is -0.118. The number of hydrogen-bond donors (Lipinski definition) is 2. The van der Waals surface area contributed by atoms with Crippen molar-refractivity contribution >= 4 is 17.1 Å². The van der Waals surface area contributed by atoms with Crippen molar-refractivity contribution in [3.8, 4) is 11.4 Å². The molecule has 1 aromatic carbocycles. The molecule has 0 aliphatic carbocycles. The minimum absolute atomic E-state index is 0.201. The first-order chi connectivity index (χ1) is 10.1. The summed E-state index contributed by atoms with van der Waals surface area (Å²) in [5.41, 5.74) is 7.09. The number of primary amides is 1. The third kappa shape index (κ3) is 2.29. The Morgan fingerprint density at radius 2 is 2.00 bits per heavy atom. The number of benzene rings is 1. The van der Waals surface area contributed by atoms with Crippen molar-refractivity contribution in [2.45, 2.75) is 13.5 Å². The van der Waals surface area contributed by atoms with E-state index < -0.39 is 11.6 Å². The molecule has 0 spiro atoms. The van der Waals surface area contributed by atoms with Gasteiger partial charge in [0.1, 0.15) is 12.1 Å². The van der Waals surface area contributed by atoms with Crippen molar-refractivity contribution in [2.75, 3.05) is 0 Å². The number of amides is 1. The average molecular weight is 283 g/mol. The zero-order chi connectivity index (χ0) is 15.0. The first-order valence-corrected chi connectivity index (χ1v) is 6.37. The number of aromatic nitrogens is 4. The molecular formula is C14H13N5O2. The van der Waals surface area contributed by atoms with Gasteiger partial charge in [0, 0.05) is 5.56 Å². The molecule has 0 bridgehead atoms. The molecule has 0 fully saturated rings. The van der Waals surface area contributed by atoms with Gasteiger partial charge < -0.3 is 5.73 Å². The van der Waals surface area contributed by atoms with E-state index in [1.807, 2.05) is 30.3 Å². The van der Waals surface area contributed by atoms with E-state index in [9.17, 15) is 9.59 Å². The minimum atomic E-state index is -0.593. The van der Waals surface area contributed by atoms with Gasteiger partial charge in [-0.15, -0.1) is 0 Å². The lowest BCUT2D eigenvalue weighted by Crippen LogP contribution is -2.26. The van der Waals surface area contributed by atoms with Gasteiger partial charge in [0.25, 0.3) is 0 Å². The van der Waals surface area contributed by atoms with E-state index in [0.717, 1.165) is 5.56 Å². The second-order valence-corrected chi connectivity index (χ2v) is 4.68. The summed E-state index contributed by atoms with van der Waals surface area (Å²) in [5.74, 6) is -0.0717. The molecule has 1 amide bonds. The third-order valence-corrected chi connectivity index (χ3v) is 3.14. The number of aryl methyl sites for hydroxylation is 1. The first-order valence-electron chi connectivity index (χ1n) is 6.37. The van der Waals surface area contributed by atoms with Crippen LogP contribution in [0.15, 0.2) is 35.1 Å². The molecule has 0 atom stereocenters. The highest BCUT2D eigenvalue weighted by atomic mass is 16.2. The summed E-state index contributed by atoms with van der Waals surface area (Å²) in [7, 11) is 0. The van der Waals surface area contributed by atoms with E-state index in [1.54, 1.807) is 6.92 Å². The summed E-state index contributed by atoms with van der Waals surface area (Å²) < 4.78 is 1.25. The van der Waals surface area contributed by atoms with Crippen LogP contribution in [-0.2, 0) is 11.3 Å². The molecule has 7 heteroatoms. The van der Waals surface area contributed by atoms with E-state index >= 15 is 0 Å². The summed E-state index contributed by atoms with van der Waals surface area (Å²) in [5, 5.41) is 0. The van der Waals surface area contributed by atoms with Crippen LogP contribution in [0.2, 0.25) is 0 Å². The molecule has 106 valence electrons. The van der Waals surface area contributed by atoms with E-state index in [0.29, 0.717) is 22.7 Å². The molecule has 3 aromatic rings. The minimum Gasteiger partial charge on any atom is -0.368 e. The third-order valence-electron chi connectivity index (χ3n) is 3.14. The second-order valence-electron chi connectivity index (χ2n) is 4.68. The Kier molecular flexibility index (Phi) is 3.02. The fraction of sp³-hybridized carbons (Fsp3) is 0.143. The number of imidazole rings is 1. The highest BCUT2D eigenvalue weighted by Crippen LogP contribution is 2.19. The van der Waals surface area contributed by atoms with Crippen LogP contribution in [-0.4, -0.2) is 25.4 Å². The summed E-state index contributed by atoms with van der Waals surface area (Å²) in [6, 6.07) is 9.46. The highest BCUT2D eigenvalue weighted by molar-refractivity contribution is 5.80. The fourth-order valence-corrected chi connectivity index (χ4v) is 2.27. The Labute approximate surface area is 119 Å². The quantitative estimate of drug-likeness (QED) is 0.733. The first kappa shape index (κ1) is 13.0. The van der Waals surface area contributed by atoms with Gasteiger partial charge in [0.2, 0.25) is 5.91 Å². The van der Waals surface area contributed by atoms with Gasteiger partial charge in [0.15, 0.2) is 11.5 Å². The molecule has 0 aliphatic rings. The van der Waals surface area contributed by atoms with Crippen molar-refractivity contribution in [3.63, 3.8) is 0 Å². The van der Waals surface area contributed by atoms with Crippen molar-refractivity contribution in [2.24, 2.45) is 5.73 Å². The van der Waals surface area contributed by atoms with Gasteiger partial charge >= 0.3 is 5.69 Å². The Balaban J connectivity index is 2.23. The van der Waals surface area contributed by atoms with Crippen molar-refractivity contribution in [3.05, 3.63) is 46.5 Å². The number of hydrogen-bond acceptors (Lipinski definition) is 4. The highest BCUT2D eigenvalue weighted by Gasteiger charge is 2.15. The maximum atomic E-state index is 11.9. The number of fused-ring (bicyclic) bond motifs is 1. The standard InChI is InChI=1S/C14H13N5O2/c1-8-11-13(18-14(21)19(11)7-10(15)20)17-12(16-8)9-5-3-2-4-6-9/h2-6H,7H2,1H3,(H2,15,20)(H,16,17,18,21). The molecule has 0 saturated carbocycles. The van der Waals surface area contributed by atoms with Crippen LogP contribution in [0.4, 0.5) is 0 Å². The van der Waals surface area contributed by atoms with Crippen LogP contribution < -0.4 is 11.4 Å². The van der Waals surface area contributed by atoms with Gasteiger partial charge in [-0.2, -0.15) is 0 Å². The number of carbonyl (C=O) groups is 1. The second kappa shape index (κ2) is 4.86. The van der Waals surface area contributed by atoms with Crippen molar-refractivity contribution in [1.29, 1.82) is 0 Å². The Bertz CT molecular complexity index is 880. The van der Waals surface area contributed by atoms with Crippen molar-refractivity contribution in [1.82, 2.24) is 19.5 Å². The molecule has 0 unspecified atom stereocenters. The number of rotatable bonds is 3. The molecule has 3 rings (SSSR count). The topological polar surface area (TPSA) is 107 Å². The lowest BCUT2D eigenvalue weighted by Gasteiger charge is -2.05. The zero-order valence-electron chi connectivity index (χ0n) is 11.3. The van der Waals surface area contributed by atoms with Gasteiger partial charge in [-0.3, -0.25) is 14.3 Å². The van der Waals surface area contributed by atoms with E-state index in [4.69, 9.17) is 5.73 Å². The van der Waals surface area contributed by atoms with Crippen LogP contribution in [0.1, 0.15) is 5.69 Å². The number of nitrogens with zero attached hydrogens (tertiary/aromatic N) is 3. The predicted octanol–water partition coefficient (Wildman–Crippen LogP) is 0.580. The van der Waals surface area contributed by atoms with Crippen LogP contribution in [0.3, 0.4) is 0 Å². The largest absolute Gasteiger partial charge is 0.368 e. The van der Waals surface area contributed by atoms with Gasteiger partial charge in [0.05, 0.1) is 5.69 Å². The van der Waals surface area contributed by atoms with Crippen LogP contribution >= 0.6 is 0 Å². The molecule has 21 heavy (non-hydrogen) atoms. The molecular weight excluding hydrogens is 270 g/mol. The molecule has 3 N–H and O–H groups in total. The summed E-state index contributed by atoms with van der Waals surface area (Å²) in [6.45, 7) is 1.56. The SMILES string of the molecule is Cc1nc(-c2ccccc2)nc2[nH]c(=O)n(CC(N)=O)c12. The zero-order valence-corrected chi connectivity index (χ0v) is 11.3. The molecule has 7 nitrogen and oxygen atoms in total. The predicted molar refractivity (Wildman–Crippen MR) is 77.5 cm³/mol. The van der Waals surface area contributed by atoms with Gasteiger partial charge in [-0.1, -0.05) is 30.3 Å². The normalized spacial score (nSPS) is 10.9. The lowest BCUT2D eigenvalue weighted by atomic mass is 10.2. The maximum Gasteiger partial charge on any atom is 0.328 e. The monoisotopic (exact) mass is 283 g/mol. The average Bonchev–Trinajstić information content (AvgIpc) is 2.76. The van der Waals surface area contributed by atoms with Crippen LogP contribution in [0, 0.1) is 6.92 Å². The smallest absolute Gasteiger partial charge is 0.328 e. The molecule has 0 aliphatic heterocycles. The molecule has 2 heterocycles. The molecule has 2 aromatic heterocycles. The summed E-state index contributed by atoms with van der Waals surface area (Å²) in [4.78, 5) is 34.4. The Hall–Kier alpha value is -2.96. The maximum absolute atomic E-state index is 11.9.